The van der Waals surface area contributed by atoms with Gasteiger partial charge in [0.2, 0.25) is 11.8 Å². The number of hydrogen-bond acceptors (Lipinski definition) is 6. The maximum absolute atomic E-state index is 13.3. The van der Waals surface area contributed by atoms with Gasteiger partial charge in [0.25, 0.3) is 0 Å². The zero-order chi connectivity index (χ0) is 26.7. The van der Waals surface area contributed by atoms with E-state index in [1.54, 1.807) is 38.3 Å². The van der Waals surface area contributed by atoms with Crippen molar-refractivity contribution < 1.29 is 23.9 Å². The minimum Gasteiger partial charge on any atom is -0.461 e. The van der Waals surface area contributed by atoms with E-state index in [9.17, 15) is 14.4 Å². The minimum atomic E-state index is -0.484. The lowest BCUT2D eigenvalue weighted by Crippen LogP contribution is -2.56. The van der Waals surface area contributed by atoms with Crippen molar-refractivity contribution in [3.63, 3.8) is 0 Å². The molecule has 0 N–H and O–H groups in total. The van der Waals surface area contributed by atoms with Crippen molar-refractivity contribution in [3.05, 3.63) is 65.7 Å². The van der Waals surface area contributed by atoms with Gasteiger partial charge in [-0.15, -0.1) is 0 Å². The fourth-order valence-corrected chi connectivity index (χ4v) is 6.65. The third kappa shape index (κ3) is 5.54. The second-order valence-corrected chi connectivity index (χ2v) is 11.4. The van der Waals surface area contributed by atoms with Crippen molar-refractivity contribution in [1.29, 1.82) is 0 Å². The van der Waals surface area contributed by atoms with Crippen molar-refractivity contribution in [2.75, 3.05) is 38.3 Å². The van der Waals surface area contributed by atoms with Crippen LogP contribution in [-0.2, 0) is 25.5 Å². The molecule has 202 valence electrons. The Bertz CT molecular complexity index is 1170. The Hall–Kier alpha value is -3.03. The molecule has 38 heavy (non-hydrogen) atoms. The molecule has 7 heteroatoms. The Labute approximate surface area is 225 Å². The van der Waals surface area contributed by atoms with Gasteiger partial charge in [-0.25, -0.2) is 9.69 Å². The maximum atomic E-state index is 13.3. The number of likely N-dealkylation sites (tertiary alicyclic amines) is 1. The lowest BCUT2D eigenvalue weighted by Gasteiger charge is -2.51. The molecule has 7 nitrogen and oxygen atoms in total. The van der Waals surface area contributed by atoms with Crippen molar-refractivity contribution >= 4 is 23.5 Å². The summed E-state index contributed by atoms with van der Waals surface area (Å²) >= 11 is 0. The summed E-state index contributed by atoms with van der Waals surface area (Å²) in [6.45, 7) is 4.95. The summed E-state index contributed by atoms with van der Waals surface area (Å²) < 4.78 is 11.8. The van der Waals surface area contributed by atoms with E-state index in [2.05, 4.69) is 29.2 Å². The van der Waals surface area contributed by atoms with E-state index in [4.69, 9.17) is 9.47 Å². The number of carbonyl (C=O) groups excluding carboxylic acids is 3. The fraction of sp³-hybridized carbons (Fsp3) is 0.516. The van der Waals surface area contributed by atoms with Gasteiger partial charge < -0.3 is 14.4 Å². The molecule has 4 atom stereocenters. The summed E-state index contributed by atoms with van der Waals surface area (Å²) in [6, 6.07) is 17.3. The van der Waals surface area contributed by atoms with Crippen LogP contribution in [0, 0.1) is 17.3 Å². The second kappa shape index (κ2) is 11.4. The normalized spacial score (nSPS) is 27.5. The first kappa shape index (κ1) is 26.6. The highest BCUT2D eigenvalue weighted by Crippen LogP contribution is 2.45. The van der Waals surface area contributed by atoms with E-state index in [0.29, 0.717) is 18.2 Å². The van der Waals surface area contributed by atoms with Crippen LogP contribution in [0.5, 0.6) is 0 Å². The zero-order valence-corrected chi connectivity index (χ0v) is 22.4. The number of nitrogens with zero attached hydrogens (tertiary/aromatic N) is 2. The van der Waals surface area contributed by atoms with E-state index < -0.39 is 5.97 Å². The van der Waals surface area contributed by atoms with Crippen molar-refractivity contribution in [2.45, 2.75) is 51.6 Å². The Morgan fingerprint density at radius 2 is 1.84 bits per heavy atom. The third-order valence-electron chi connectivity index (χ3n) is 8.56. The molecular formula is C31H38N2O5. The van der Waals surface area contributed by atoms with Crippen LogP contribution < -0.4 is 4.90 Å². The van der Waals surface area contributed by atoms with Gasteiger partial charge in [0.1, 0.15) is 0 Å². The highest BCUT2D eigenvalue weighted by Gasteiger charge is 2.47. The van der Waals surface area contributed by atoms with Crippen LogP contribution in [0.25, 0.3) is 0 Å². The Morgan fingerprint density at radius 1 is 1.08 bits per heavy atom. The van der Waals surface area contributed by atoms with Crippen LogP contribution in [-0.4, -0.2) is 62.1 Å². The Morgan fingerprint density at radius 3 is 2.58 bits per heavy atom. The third-order valence-corrected chi connectivity index (χ3v) is 8.56. The molecular weight excluding hydrogens is 480 g/mol. The van der Waals surface area contributed by atoms with Crippen LogP contribution in [0.15, 0.2) is 54.6 Å². The number of esters is 1. The first-order valence-electron chi connectivity index (χ1n) is 13.8. The number of ether oxygens (including phenoxy) is 2. The van der Waals surface area contributed by atoms with E-state index in [0.717, 1.165) is 56.6 Å². The number of hydrogen-bond donors (Lipinski definition) is 0. The lowest BCUT2D eigenvalue weighted by atomic mass is 9.65. The van der Waals surface area contributed by atoms with Crippen LogP contribution in [0.4, 0.5) is 5.69 Å². The van der Waals surface area contributed by atoms with Gasteiger partial charge >= 0.3 is 5.97 Å². The quantitative estimate of drug-likeness (QED) is 0.360. The molecule has 2 bridgehead atoms. The number of aryl methyl sites for hydroxylation is 1. The molecule has 3 aliphatic rings. The summed E-state index contributed by atoms with van der Waals surface area (Å²) in [5, 5.41) is 0. The van der Waals surface area contributed by atoms with Gasteiger partial charge in [-0.2, -0.15) is 0 Å². The maximum Gasteiger partial charge on any atom is 0.340 e. The van der Waals surface area contributed by atoms with Crippen LogP contribution >= 0.6 is 0 Å². The van der Waals surface area contributed by atoms with Gasteiger partial charge in [-0.3, -0.25) is 9.59 Å². The Balaban J connectivity index is 1.26. The van der Waals surface area contributed by atoms with Gasteiger partial charge in [-0.1, -0.05) is 49.4 Å². The fourth-order valence-electron chi connectivity index (χ4n) is 6.65. The molecule has 2 heterocycles. The summed E-state index contributed by atoms with van der Waals surface area (Å²) in [6.07, 6.45) is 5.37. The first-order valence-corrected chi connectivity index (χ1v) is 13.8. The number of imide groups is 1. The van der Waals surface area contributed by atoms with Gasteiger partial charge in [0.15, 0.2) is 0 Å². The van der Waals surface area contributed by atoms with Crippen LogP contribution in [0.3, 0.4) is 0 Å². The van der Waals surface area contributed by atoms with E-state index >= 15 is 0 Å². The highest BCUT2D eigenvalue weighted by molar-refractivity contribution is 6.22. The van der Waals surface area contributed by atoms with Crippen molar-refractivity contribution in [2.24, 2.45) is 17.3 Å². The number of fused-ring (bicyclic) bond motifs is 2. The molecule has 2 amide bonds. The number of anilines is 1. The molecule has 2 saturated heterocycles. The highest BCUT2D eigenvalue weighted by atomic mass is 16.5. The second-order valence-electron chi connectivity index (χ2n) is 11.4. The smallest absolute Gasteiger partial charge is 0.340 e. The SMILES string of the molecule is CO[C@H]1CC[C@]2(COC(=O)c3ccccc3N3C(=O)C[C@H](C)C3=O)C[C@H]1CN(CCCc1ccccc1)C2. The molecule has 3 fully saturated rings. The zero-order valence-electron chi connectivity index (χ0n) is 22.4. The molecule has 2 aliphatic heterocycles. The largest absolute Gasteiger partial charge is 0.461 e. The van der Waals surface area contributed by atoms with Gasteiger partial charge in [0.05, 0.1) is 24.0 Å². The summed E-state index contributed by atoms with van der Waals surface area (Å²) in [4.78, 5) is 42.2. The number of amides is 2. The molecule has 0 radical (unpaired) electrons. The van der Waals surface area contributed by atoms with Crippen LogP contribution in [0.2, 0.25) is 0 Å². The number of methoxy groups -OCH3 is 1. The first-order chi connectivity index (χ1) is 18.4. The standard InChI is InChI=1S/C31H38N2O5/c1-22-17-28(34)33(29(22)35)26-13-7-6-12-25(26)30(36)38-21-31-15-14-27(37-2)24(18-31)19-32(20-31)16-8-11-23-9-4-3-5-10-23/h3-7,9-10,12-13,22,24,27H,8,11,14-21H2,1-2H3/t22-,24-,27-,31-/m0/s1. The van der Waals surface area contributed by atoms with Gasteiger partial charge in [0, 0.05) is 38.0 Å². The van der Waals surface area contributed by atoms with Gasteiger partial charge in [-0.05, 0) is 62.3 Å². The molecule has 2 aromatic rings. The topological polar surface area (TPSA) is 76.1 Å². The van der Waals surface area contributed by atoms with Crippen molar-refractivity contribution in [1.82, 2.24) is 4.90 Å². The summed E-state index contributed by atoms with van der Waals surface area (Å²) in [7, 11) is 1.80. The molecule has 0 unspecified atom stereocenters. The predicted molar refractivity (Wildman–Crippen MR) is 145 cm³/mol. The molecule has 0 spiro atoms. The molecule has 1 saturated carbocycles. The number of piperidine rings is 1. The summed E-state index contributed by atoms with van der Waals surface area (Å²) in [5.41, 5.74) is 1.81. The average molecular weight is 519 g/mol. The number of para-hydroxylation sites is 1. The van der Waals surface area contributed by atoms with E-state index in [1.165, 1.54) is 5.56 Å². The van der Waals surface area contributed by atoms with Crippen molar-refractivity contribution in [3.8, 4) is 0 Å². The predicted octanol–water partition coefficient (Wildman–Crippen LogP) is 4.49. The monoisotopic (exact) mass is 518 g/mol. The minimum absolute atomic E-state index is 0.122. The average Bonchev–Trinajstić information content (AvgIpc) is 3.18. The molecule has 2 aromatic carbocycles. The number of benzene rings is 2. The number of carbonyl (C=O) groups is 3. The Kier molecular flexibility index (Phi) is 7.96. The van der Waals surface area contributed by atoms with E-state index in [-0.39, 0.29) is 41.2 Å². The van der Waals surface area contributed by atoms with E-state index in [1.807, 2.05) is 6.07 Å². The molecule has 5 rings (SSSR count). The van der Waals surface area contributed by atoms with Crippen LogP contribution in [0.1, 0.15) is 54.9 Å². The summed E-state index contributed by atoms with van der Waals surface area (Å²) in [5.74, 6) is -1.00. The number of rotatable bonds is 9. The molecule has 0 aromatic heterocycles. The lowest BCUT2D eigenvalue weighted by molar-refractivity contribution is -0.122. The molecule has 1 aliphatic carbocycles.